The molecule has 0 saturated carbocycles. The number of aromatic nitrogens is 1. The molecule has 0 spiro atoms. The number of amides is 2. The minimum absolute atomic E-state index is 0.102. The summed E-state index contributed by atoms with van der Waals surface area (Å²) in [5.41, 5.74) is 4.46. The third kappa shape index (κ3) is 4.63. The van der Waals surface area contributed by atoms with E-state index in [1.165, 1.54) is 44.9 Å². The predicted octanol–water partition coefficient (Wildman–Crippen LogP) is 5.18. The van der Waals surface area contributed by atoms with Crippen LogP contribution in [-0.2, 0) is 9.59 Å². The van der Waals surface area contributed by atoms with Crippen LogP contribution in [0.1, 0.15) is 26.6 Å². The topological polar surface area (TPSA) is 86.1 Å². The number of nitrogens with one attached hydrogen (secondary N) is 1. The highest BCUT2D eigenvalue weighted by Gasteiger charge is 2.29. The molecule has 9 heteroatoms. The van der Waals surface area contributed by atoms with Gasteiger partial charge in [0.25, 0.3) is 0 Å². The highest BCUT2D eigenvalue weighted by molar-refractivity contribution is 8.04. The van der Waals surface area contributed by atoms with Crippen molar-refractivity contribution in [3.63, 3.8) is 0 Å². The van der Waals surface area contributed by atoms with Crippen molar-refractivity contribution in [2.75, 3.05) is 17.6 Å². The molecule has 2 amide bonds. The number of thiophene rings is 1. The molecule has 1 aliphatic rings. The number of aryl methyl sites for hydroxylation is 2. The molecule has 0 radical (unpaired) electrons. The molecule has 6 nitrogen and oxygen atoms in total. The lowest BCUT2D eigenvalue weighted by Crippen LogP contribution is -2.33. The Hall–Kier alpha value is -2.93. The number of hydrogen-bond donors (Lipinski definition) is 1. The smallest absolute Gasteiger partial charge is 0.245 e. The second kappa shape index (κ2) is 9.28. The Bertz CT molecular complexity index is 1270. The summed E-state index contributed by atoms with van der Waals surface area (Å²) >= 11 is 4.26. The Labute approximate surface area is 198 Å². The molecule has 162 valence electrons. The molecule has 0 bridgehead atoms. The van der Waals surface area contributed by atoms with Gasteiger partial charge in [0.05, 0.1) is 22.0 Å². The summed E-state index contributed by atoms with van der Waals surface area (Å²) in [6.45, 7) is 5.72. The summed E-state index contributed by atoms with van der Waals surface area (Å²) in [5, 5.41) is 16.2. The number of nitriles is 1. The Morgan fingerprint density at radius 2 is 2.03 bits per heavy atom. The highest BCUT2D eigenvalue weighted by atomic mass is 32.2. The maximum absolute atomic E-state index is 12.7. The maximum Gasteiger partial charge on any atom is 0.245 e. The first-order chi connectivity index (χ1) is 15.4. The van der Waals surface area contributed by atoms with Crippen molar-refractivity contribution >= 4 is 57.3 Å². The van der Waals surface area contributed by atoms with Gasteiger partial charge in [0, 0.05) is 21.9 Å². The van der Waals surface area contributed by atoms with E-state index >= 15 is 0 Å². The van der Waals surface area contributed by atoms with Crippen LogP contribution in [0.25, 0.3) is 17.3 Å². The van der Waals surface area contributed by atoms with Crippen molar-refractivity contribution in [2.24, 2.45) is 0 Å². The molecule has 1 saturated heterocycles. The minimum Gasteiger partial charge on any atom is -0.315 e. The number of thiazole rings is 1. The fraction of sp³-hybridized carbons (Fsp3) is 0.217. The van der Waals surface area contributed by atoms with Crippen molar-refractivity contribution in [3.8, 4) is 17.3 Å². The summed E-state index contributed by atoms with van der Waals surface area (Å²) in [7, 11) is 0. The molecule has 1 fully saturated rings. The Balaban J connectivity index is 1.50. The van der Waals surface area contributed by atoms with Crippen LogP contribution in [0.5, 0.6) is 0 Å². The number of rotatable bonds is 5. The van der Waals surface area contributed by atoms with E-state index in [1.807, 2.05) is 56.5 Å². The first kappa shape index (κ1) is 22.3. The zero-order valence-corrected chi connectivity index (χ0v) is 20.2. The maximum atomic E-state index is 12.7. The van der Waals surface area contributed by atoms with E-state index in [4.69, 9.17) is 0 Å². The number of hydrogen-bond acceptors (Lipinski definition) is 7. The van der Waals surface area contributed by atoms with E-state index in [1.54, 1.807) is 0 Å². The average Bonchev–Trinajstić information content (AvgIpc) is 3.43. The standard InChI is InChI=1S/C23H20N4O2S3/c1-13-4-6-16(7-5-13)18-11-30-20(25-18)8-22-27(21(29)12-31-22)10-19(28)26-23-17(9-24)14(2)15(3)32-23/h4-8,11H,10,12H2,1-3H3,(H,26,28)/b22-8-. The van der Waals surface area contributed by atoms with Gasteiger partial charge < -0.3 is 5.32 Å². The number of thioether (sulfide) groups is 1. The van der Waals surface area contributed by atoms with E-state index in [9.17, 15) is 14.9 Å². The van der Waals surface area contributed by atoms with Crippen molar-refractivity contribution in [2.45, 2.75) is 20.8 Å². The molecule has 2 aromatic heterocycles. The largest absolute Gasteiger partial charge is 0.315 e. The average molecular weight is 481 g/mol. The Kier molecular flexibility index (Phi) is 6.46. The van der Waals surface area contributed by atoms with Gasteiger partial charge in [-0.3, -0.25) is 14.5 Å². The zero-order chi connectivity index (χ0) is 22.8. The van der Waals surface area contributed by atoms with Crippen LogP contribution in [0.3, 0.4) is 0 Å². The second-order valence-corrected chi connectivity index (χ2v) is 10.4. The van der Waals surface area contributed by atoms with Gasteiger partial charge in [0.1, 0.15) is 22.6 Å². The Morgan fingerprint density at radius 1 is 1.28 bits per heavy atom. The fourth-order valence-corrected chi connectivity index (χ4v) is 5.97. The van der Waals surface area contributed by atoms with Crippen LogP contribution in [0, 0.1) is 32.1 Å². The highest BCUT2D eigenvalue weighted by Crippen LogP contribution is 2.34. The van der Waals surface area contributed by atoms with Gasteiger partial charge in [-0.2, -0.15) is 5.26 Å². The summed E-state index contributed by atoms with van der Waals surface area (Å²) in [5.74, 6) is -0.162. The van der Waals surface area contributed by atoms with Crippen molar-refractivity contribution in [1.82, 2.24) is 9.88 Å². The molecule has 0 atom stereocenters. The third-order valence-electron chi connectivity index (χ3n) is 5.08. The number of carbonyl (C=O) groups is 2. The van der Waals surface area contributed by atoms with E-state index in [0.717, 1.165) is 26.7 Å². The van der Waals surface area contributed by atoms with Gasteiger partial charge in [-0.25, -0.2) is 4.98 Å². The quantitative estimate of drug-likeness (QED) is 0.544. The monoisotopic (exact) mass is 480 g/mol. The molecule has 3 heterocycles. The van der Waals surface area contributed by atoms with E-state index in [0.29, 0.717) is 15.6 Å². The van der Waals surface area contributed by atoms with Crippen LogP contribution in [-0.4, -0.2) is 34.0 Å². The summed E-state index contributed by atoms with van der Waals surface area (Å²) in [4.78, 5) is 32.2. The van der Waals surface area contributed by atoms with Gasteiger partial charge in [-0.15, -0.1) is 22.7 Å². The number of anilines is 1. The molecule has 3 aromatic rings. The van der Waals surface area contributed by atoms with Crippen molar-refractivity contribution in [1.29, 1.82) is 5.26 Å². The molecule has 1 aromatic carbocycles. The van der Waals surface area contributed by atoms with Crippen LogP contribution < -0.4 is 5.32 Å². The molecule has 1 aliphatic heterocycles. The SMILES string of the molecule is Cc1ccc(-c2csc(/C=C3\SCC(=O)N3CC(=O)Nc3sc(C)c(C)c3C#N)n2)cc1. The van der Waals surface area contributed by atoms with Gasteiger partial charge >= 0.3 is 0 Å². The van der Waals surface area contributed by atoms with Gasteiger partial charge in [-0.05, 0) is 26.3 Å². The first-order valence-electron chi connectivity index (χ1n) is 9.83. The van der Waals surface area contributed by atoms with Crippen molar-refractivity contribution < 1.29 is 9.59 Å². The van der Waals surface area contributed by atoms with Crippen LogP contribution in [0.15, 0.2) is 34.7 Å². The van der Waals surface area contributed by atoms with Crippen LogP contribution in [0.2, 0.25) is 0 Å². The summed E-state index contributed by atoms with van der Waals surface area (Å²) in [6.07, 6.45) is 1.85. The lowest BCUT2D eigenvalue weighted by atomic mass is 10.1. The predicted molar refractivity (Wildman–Crippen MR) is 132 cm³/mol. The molecule has 32 heavy (non-hydrogen) atoms. The summed E-state index contributed by atoms with van der Waals surface area (Å²) in [6, 6.07) is 10.3. The molecule has 4 rings (SSSR count). The third-order valence-corrected chi connectivity index (χ3v) is 8.02. The van der Waals surface area contributed by atoms with Crippen LogP contribution in [0.4, 0.5) is 5.00 Å². The van der Waals surface area contributed by atoms with Gasteiger partial charge in [0.15, 0.2) is 0 Å². The normalized spacial score (nSPS) is 14.8. The second-order valence-electron chi connectivity index (χ2n) is 7.34. The number of carbonyl (C=O) groups excluding carboxylic acids is 2. The Morgan fingerprint density at radius 3 is 2.75 bits per heavy atom. The molecule has 0 aliphatic carbocycles. The molecule has 1 N–H and O–H groups in total. The lowest BCUT2D eigenvalue weighted by Gasteiger charge is -2.16. The summed E-state index contributed by atoms with van der Waals surface area (Å²) < 4.78 is 0. The van der Waals surface area contributed by atoms with E-state index < -0.39 is 0 Å². The number of benzene rings is 1. The molecular formula is C23H20N4O2S3. The molecule has 0 unspecified atom stereocenters. The minimum atomic E-state index is -0.330. The molecular weight excluding hydrogens is 460 g/mol. The van der Waals surface area contributed by atoms with E-state index in [2.05, 4.69) is 16.4 Å². The number of nitrogens with zero attached hydrogens (tertiary/aromatic N) is 3. The van der Waals surface area contributed by atoms with Crippen molar-refractivity contribution in [3.05, 3.63) is 61.2 Å². The lowest BCUT2D eigenvalue weighted by molar-refractivity contribution is -0.129. The van der Waals surface area contributed by atoms with Gasteiger partial charge in [-0.1, -0.05) is 41.6 Å². The first-order valence-corrected chi connectivity index (χ1v) is 12.5. The van der Waals surface area contributed by atoms with Gasteiger partial charge in [0.2, 0.25) is 11.8 Å². The van der Waals surface area contributed by atoms with Crippen LogP contribution >= 0.6 is 34.4 Å². The van der Waals surface area contributed by atoms with E-state index in [-0.39, 0.29) is 24.1 Å². The zero-order valence-electron chi connectivity index (χ0n) is 17.8. The fourth-order valence-electron chi connectivity index (χ4n) is 3.18.